The number of carbonyl (C=O) groups is 2. The van der Waals surface area contributed by atoms with Crippen molar-refractivity contribution in [2.75, 3.05) is 6.61 Å². The summed E-state index contributed by atoms with van der Waals surface area (Å²) in [4.78, 5) is 23.4. The average molecular weight is 296 g/mol. The first-order valence-corrected chi connectivity index (χ1v) is 6.90. The molecule has 0 aliphatic heterocycles. The fourth-order valence-corrected chi connectivity index (χ4v) is 1.76. The van der Waals surface area contributed by atoms with Crippen LogP contribution < -0.4 is 0 Å². The predicted octanol–water partition coefficient (Wildman–Crippen LogP) is 3.69. The first-order valence-electron chi connectivity index (χ1n) is 6.90. The molecule has 0 fully saturated rings. The van der Waals surface area contributed by atoms with Crippen molar-refractivity contribution in [2.45, 2.75) is 6.92 Å². The Morgan fingerprint density at radius 2 is 1.50 bits per heavy atom. The zero-order valence-electron chi connectivity index (χ0n) is 12.2. The fourth-order valence-electron chi connectivity index (χ4n) is 1.76. The molecule has 2 aromatic rings. The highest BCUT2D eigenvalue weighted by atomic mass is 16.5. The summed E-state index contributed by atoms with van der Waals surface area (Å²) in [5.41, 5.74) is 1.71. The molecule has 0 spiro atoms. The minimum absolute atomic E-state index is 0.312. The molecular weight excluding hydrogens is 280 g/mol. The van der Waals surface area contributed by atoms with E-state index in [1.807, 2.05) is 30.3 Å². The Kier molecular flexibility index (Phi) is 5.49. The van der Waals surface area contributed by atoms with Crippen LogP contribution in [0.3, 0.4) is 0 Å². The zero-order valence-corrected chi connectivity index (χ0v) is 12.2. The Bertz CT molecular complexity index is 657. The highest BCUT2D eigenvalue weighted by Crippen LogP contribution is 2.08. The van der Waals surface area contributed by atoms with E-state index >= 15 is 0 Å². The topological polar surface area (TPSA) is 52.6 Å². The minimum Gasteiger partial charge on any atom is -0.462 e. The summed E-state index contributed by atoms with van der Waals surface area (Å²) in [5.74, 6) is -0.894. The summed E-state index contributed by atoms with van der Waals surface area (Å²) in [6.45, 7) is 2.05. The summed E-state index contributed by atoms with van der Waals surface area (Å²) in [6, 6.07) is 15.7. The minimum atomic E-state index is -0.484. The second-order valence-corrected chi connectivity index (χ2v) is 4.42. The number of rotatable bonds is 5. The Hall–Kier alpha value is -2.88. The number of hydrogen-bond acceptors (Lipinski definition) is 4. The van der Waals surface area contributed by atoms with Gasteiger partial charge in [-0.05, 0) is 42.8 Å². The molecule has 0 radical (unpaired) electrons. The van der Waals surface area contributed by atoms with Gasteiger partial charge in [0, 0.05) is 0 Å². The molecule has 0 bridgehead atoms. The number of benzene rings is 2. The van der Waals surface area contributed by atoms with Crippen LogP contribution in [0, 0.1) is 0 Å². The van der Waals surface area contributed by atoms with Crippen molar-refractivity contribution in [1.29, 1.82) is 0 Å². The van der Waals surface area contributed by atoms with Gasteiger partial charge in [-0.15, -0.1) is 0 Å². The Labute approximate surface area is 129 Å². The summed E-state index contributed by atoms with van der Waals surface area (Å²) in [6.07, 6.45) is 3.04. The molecule has 2 rings (SSSR count). The van der Waals surface area contributed by atoms with E-state index in [9.17, 15) is 9.59 Å². The molecule has 0 heterocycles. The number of esters is 2. The van der Waals surface area contributed by atoms with Gasteiger partial charge >= 0.3 is 11.9 Å². The molecule has 0 unspecified atom stereocenters. The second-order valence-electron chi connectivity index (χ2n) is 4.42. The van der Waals surface area contributed by atoms with Gasteiger partial charge in [-0.1, -0.05) is 30.3 Å². The van der Waals surface area contributed by atoms with Crippen LogP contribution in [0.2, 0.25) is 0 Å². The molecule has 2 aromatic carbocycles. The lowest BCUT2D eigenvalue weighted by atomic mass is 10.1. The van der Waals surface area contributed by atoms with E-state index in [0.717, 1.165) is 5.56 Å². The highest BCUT2D eigenvalue weighted by molar-refractivity contribution is 5.93. The molecule has 0 aromatic heterocycles. The molecule has 112 valence electrons. The predicted molar refractivity (Wildman–Crippen MR) is 83.3 cm³/mol. The number of carbonyl (C=O) groups excluding carboxylic acids is 2. The maximum atomic E-state index is 11.9. The van der Waals surface area contributed by atoms with E-state index in [4.69, 9.17) is 9.47 Å². The summed E-state index contributed by atoms with van der Waals surface area (Å²) in [5, 5.41) is 0. The normalized spacial score (nSPS) is 10.4. The van der Waals surface area contributed by atoms with Crippen molar-refractivity contribution >= 4 is 18.0 Å². The van der Waals surface area contributed by atoms with E-state index in [2.05, 4.69) is 0 Å². The zero-order chi connectivity index (χ0) is 15.8. The number of ether oxygens (including phenoxy) is 2. The SMILES string of the molecule is CCOC(=O)c1ccc(C(=O)OC=Cc2ccccc2)cc1. The standard InChI is InChI=1S/C18H16O4/c1-2-21-17(19)15-8-10-16(11-9-15)18(20)22-13-12-14-6-4-3-5-7-14/h3-13H,2H2,1H3. The molecule has 0 saturated carbocycles. The largest absolute Gasteiger partial charge is 0.462 e. The Morgan fingerprint density at radius 3 is 2.09 bits per heavy atom. The monoisotopic (exact) mass is 296 g/mol. The smallest absolute Gasteiger partial charge is 0.342 e. The summed E-state index contributed by atoms with van der Waals surface area (Å²) in [7, 11) is 0. The van der Waals surface area contributed by atoms with Crippen LogP contribution in [0.15, 0.2) is 60.9 Å². The van der Waals surface area contributed by atoms with E-state index in [0.29, 0.717) is 17.7 Å². The quantitative estimate of drug-likeness (QED) is 0.623. The van der Waals surface area contributed by atoms with Crippen molar-refractivity contribution in [3.8, 4) is 0 Å². The van der Waals surface area contributed by atoms with Crippen molar-refractivity contribution in [2.24, 2.45) is 0 Å². The lowest BCUT2D eigenvalue weighted by Gasteiger charge is -2.03. The molecular formula is C18H16O4. The van der Waals surface area contributed by atoms with Crippen molar-refractivity contribution in [3.05, 3.63) is 77.5 Å². The highest BCUT2D eigenvalue weighted by Gasteiger charge is 2.09. The van der Waals surface area contributed by atoms with Crippen LogP contribution in [-0.2, 0) is 9.47 Å². The van der Waals surface area contributed by atoms with Gasteiger partial charge in [0.2, 0.25) is 0 Å². The van der Waals surface area contributed by atoms with Gasteiger partial charge in [0.25, 0.3) is 0 Å². The average Bonchev–Trinajstić information content (AvgIpc) is 2.56. The molecule has 0 amide bonds. The lowest BCUT2D eigenvalue weighted by Crippen LogP contribution is -2.06. The van der Waals surface area contributed by atoms with Gasteiger partial charge in [-0.25, -0.2) is 9.59 Å². The summed E-state index contributed by atoms with van der Waals surface area (Å²) < 4.78 is 9.92. The lowest BCUT2D eigenvalue weighted by molar-refractivity contribution is 0.0525. The van der Waals surface area contributed by atoms with Gasteiger partial charge in [0.05, 0.1) is 24.0 Å². The first kappa shape index (κ1) is 15.5. The first-order chi connectivity index (χ1) is 10.7. The molecule has 4 nitrogen and oxygen atoms in total. The van der Waals surface area contributed by atoms with Crippen LogP contribution in [0.5, 0.6) is 0 Å². The van der Waals surface area contributed by atoms with Gasteiger partial charge < -0.3 is 9.47 Å². The van der Waals surface area contributed by atoms with Gasteiger partial charge in [0.15, 0.2) is 0 Å². The number of hydrogen-bond donors (Lipinski definition) is 0. The van der Waals surface area contributed by atoms with Gasteiger partial charge in [-0.2, -0.15) is 0 Å². The Balaban J connectivity index is 1.95. The fraction of sp³-hybridized carbons (Fsp3) is 0.111. The van der Waals surface area contributed by atoms with Crippen LogP contribution in [-0.4, -0.2) is 18.5 Å². The summed E-state index contributed by atoms with van der Waals surface area (Å²) >= 11 is 0. The molecule has 0 saturated heterocycles. The van der Waals surface area contributed by atoms with E-state index in [-0.39, 0.29) is 0 Å². The van der Waals surface area contributed by atoms with Crippen LogP contribution in [0.4, 0.5) is 0 Å². The third-order valence-corrected chi connectivity index (χ3v) is 2.87. The van der Waals surface area contributed by atoms with E-state index in [1.165, 1.54) is 30.5 Å². The van der Waals surface area contributed by atoms with Crippen molar-refractivity contribution in [3.63, 3.8) is 0 Å². The van der Waals surface area contributed by atoms with E-state index < -0.39 is 11.9 Å². The maximum Gasteiger partial charge on any atom is 0.342 e. The third kappa shape index (κ3) is 4.31. The van der Waals surface area contributed by atoms with Crippen molar-refractivity contribution < 1.29 is 19.1 Å². The van der Waals surface area contributed by atoms with Crippen LogP contribution in [0.1, 0.15) is 33.2 Å². The van der Waals surface area contributed by atoms with E-state index in [1.54, 1.807) is 13.0 Å². The Morgan fingerprint density at radius 1 is 0.909 bits per heavy atom. The maximum absolute atomic E-state index is 11.9. The third-order valence-electron chi connectivity index (χ3n) is 2.87. The second kappa shape index (κ2) is 7.78. The molecule has 22 heavy (non-hydrogen) atoms. The molecule has 0 aliphatic rings. The molecule has 0 aliphatic carbocycles. The molecule has 0 atom stereocenters. The van der Waals surface area contributed by atoms with Gasteiger partial charge in [-0.3, -0.25) is 0 Å². The molecule has 4 heteroatoms. The van der Waals surface area contributed by atoms with Crippen LogP contribution >= 0.6 is 0 Å². The van der Waals surface area contributed by atoms with Crippen LogP contribution in [0.25, 0.3) is 6.08 Å². The van der Waals surface area contributed by atoms with Crippen molar-refractivity contribution in [1.82, 2.24) is 0 Å². The van der Waals surface area contributed by atoms with Gasteiger partial charge in [0.1, 0.15) is 0 Å². The molecule has 0 N–H and O–H groups in total.